The maximum atomic E-state index is 10.1. The Hall–Kier alpha value is -6.88. The number of hydrogen-bond donors (Lipinski definition) is 0. The summed E-state index contributed by atoms with van der Waals surface area (Å²) in [6.45, 7) is 22.8. The molecule has 2 aromatic heterocycles. The summed E-state index contributed by atoms with van der Waals surface area (Å²) < 4.78 is 5.06. The fraction of sp³-hybridized carbons (Fsp3) is 0.214. The van der Waals surface area contributed by atoms with Gasteiger partial charge in [-0.3, -0.25) is 0 Å². The van der Waals surface area contributed by atoms with E-state index in [1.54, 1.807) is 0 Å². The van der Waals surface area contributed by atoms with E-state index in [1.807, 2.05) is 24.3 Å². The second-order valence-corrected chi connectivity index (χ2v) is 18.8. The quantitative estimate of drug-likeness (QED) is 0.179. The van der Waals surface area contributed by atoms with Gasteiger partial charge in [-0.1, -0.05) is 112 Å². The van der Waals surface area contributed by atoms with Crippen LogP contribution in [-0.4, -0.2) is 9.13 Å². The third-order valence-electron chi connectivity index (χ3n) is 12.2. The van der Waals surface area contributed by atoms with Crippen molar-refractivity contribution in [2.75, 3.05) is 0 Å². The van der Waals surface area contributed by atoms with Crippen molar-refractivity contribution in [3.05, 3.63) is 166 Å². The van der Waals surface area contributed by atoms with Crippen LogP contribution < -0.4 is 0 Å². The predicted octanol–water partition coefficient (Wildman–Crippen LogP) is 14.8. The summed E-state index contributed by atoms with van der Waals surface area (Å²) in [6.07, 6.45) is 0. The third-order valence-corrected chi connectivity index (χ3v) is 12.2. The Balaban J connectivity index is 1.66. The Morgan fingerprint density at radius 2 is 0.667 bits per heavy atom. The summed E-state index contributed by atoms with van der Waals surface area (Å²) in [4.78, 5) is 0. The molecular weight excluding hydrogens is 729 g/mol. The highest BCUT2D eigenvalue weighted by Crippen LogP contribution is 2.54. The molecule has 0 amide bonds. The first kappa shape index (κ1) is 38.6. The summed E-state index contributed by atoms with van der Waals surface area (Å²) >= 11 is 0. The molecule has 9 rings (SSSR count). The van der Waals surface area contributed by atoms with Crippen LogP contribution in [0.2, 0.25) is 0 Å². The molecule has 7 aromatic carbocycles. The van der Waals surface area contributed by atoms with Crippen LogP contribution in [0.25, 0.3) is 77.2 Å². The number of benzene rings is 7. The summed E-state index contributed by atoms with van der Waals surface area (Å²) in [5.74, 6) is 0. The van der Waals surface area contributed by atoms with Crippen LogP contribution in [0.5, 0.6) is 0 Å². The molecule has 0 saturated carbocycles. The number of aryl methyl sites for hydroxylation is 4. The van der Waals surface area contributed by atoms with Crippen LogP contribution in [0.15, 0.2) is 121 Å². The molecule has 0 bridgehead atoms. The fourth-order valence-corrected chi connectivity index (χ4v) is 9.60. The van der Waals surface area contributed by atoms with Crippen LogP contribution in [0.3, 0.4) is 0 Å². The molecule has 0 aliphatic carbocycles. The maximum Gasteiger partial charge on any atom is 0.0991 e. The van der Waals surface area contributed by atoms with E-state index in [-0.39, 0.29) is 10.8 Å². The van der Waals surface area contributed by atoms with Gasteiger partial charge in [-0.05, 0) is 134 Å². The number of nitrogens with zero attached hydrogens (tertiary/aromatic N) is 4. The van der Waals surface area contributed by atoms with Gasteiger partial charge in [-0.2, -0.15) is 10.5 Å². The van der Waals surface area contributed by atoms with Gasteiger partial charge in [-0.15, -0.1) is 0 Å². The third kappa shape index (κ3) is 6.10. The number of nitriles is 2. The lowest BCUT2D eigenvalue weighted by molar-refractivity contribution is 0.565. The molecule has 294 valence electrons. The first-order valence-electron chi connectivity index (χ1n) is 20.9. The summed E-state index contributed by atoms with van der Waals surface area (Å²) in [5, 5.41) is 25.0. The van der Waals surface area contributed by atoms with Crippen LogP contribution >= 0.6 is 0 Å². The Kier molecular flexibility index (Phi) is 8.93. The summed E-state index contributed by atoms with van der Waals surface area (Å²) in [5.41, 5.74) is 18.9. The first-order chi connectivity index (χ1) is 28.6. The molecular formula is C56H50N4. The standard InChI is InChI=1S/C56H50N4/c1-33-11-23-45-41(27-33)42-28-34(2)12-24-46(42)59(45)53-49(39-19-15-37(31-57)16-20-39)51(55(5,6)7)54(52(56(8,9)10)50(53)40-21-17-38(32-58)18-22-40)60-47-25-13-35(3)29-43(47)44-30-36(4)14-26-48(44)60/h11-30H,1-10H3. The zero-order chi connectivity index (χ0) is 42.4. The van der Waals surface area contributed by atoms with Crippen LogP contribution in [-0.2, 0) is 10.8 Å². The van der Waals surface area contributed by atoms with Crippen molar-refractivity contribution < 1.29 is 0 Å². The van der Waals surface area contributed by atoms with Crippen LogP contribution in [0.4, 0.5) is 0 Å². The fourth-order valence-electron chi connectivity index (χ4n) is 9.60. The maximum absolute atomic E-state index is 10.1. The average Bonchev–Trinajstić information content (AvgIpc) is 3.69. The highest BCUT2D eigenvalue weighted by Gasteiger charge is 2.38. The van der Waals surface area contributed by atoms with E-state index in [0.29, 0.717) is 11.1 Å². The molecule has 60 heavy (non-hydrogen) atoms. The van der Waals surface area contributed by atoms with Gasteiger partial charge in [-0.25, -0.2) is 0 Å². The van der Waals surface area contributed by atoms with Crippen molar-refractivity contribution in [1.29, 1.82) is 10.5 Å². The number of rotatable bonds is 4. The van der Waals surface area contributed by atoms with Crippen molar-refractivity contribution in [2.45, 2.75) is 80.1 Å². The van der Waals surface area contributed by atoms with E-state index in [0.717, 1.165) is 55.7 Å². The Bertz CT molecular complexity index is 3090. The zero-order valence-corrected chi connectivity index (χ0v) is 36.3. The van der Waals surface area contributed by atoms with Gasteiger partial charge in [0, 0.05) is 32.7 Å². The molecule has 0 radical (unpaired) electrons. The molecule has 0 aliphatic heterocycles. The number of hydrogen-bond acceptors (Lipinski definition) is 2. The van der Waals surface area contributed by atoms with Gasteiger partial charge in [0.25, 0.3) is 0 Å². The summed E-state index contributed by atoms with van der Waals surface area (Å²) in [6, 6.07) is 48.5. The van der Waals surface area contributed by atoms with Crippen molar-refractivity contribution in [2.24, 2.45) is 0 Å². The van der Waals surface area contributed by atoms with Gasteiger partial charge in [0.15, 0.2) is 0 Å². The number of fused-ring (bicyclic) bond motifs is 6. The van der Waals surface area contributed by atoms with Crippen molar-refractivity contribution in [3.63, 3.8) is 0 Å². The minimum atomic E-state index is -0.388. The highest BCUT2D eigenvalue weighted by atomic mass is 15.0. The van der Waals surface area contributed by atoms with Crippen LogP contribution in [0, 0.1) is 50.4 Å². The Morgan fingerprint density at radius 1 is 0.383 bits per heavy atom. The molecule has 0 spiro atoms. The monoisotopic (exact) mass is 778 g/mol. The molecule has 0 unspecified atom stereocenters. The molecule has 0 N–H and O–H groups in total. The normalized spacial score (nSPS) is 12.1. The molecule has 0 aliphatic rings. The molecule has 4 nitrogen and oxygen atoms in total. The van der Waals surface area contributed by atoms with Gasteiger partial charge < -0.3 is 9.13 Å². The minimum Gasteiger partial charge on any atom is -0.309 e. The Morgan fingerprint density at radius 3 is 0.933 bits per heavy atom. The topological polar surface area (TPSA) is 57.4 Å². The van der Waals surface area contributed by atoms with Gasteiger partial charge in [0.1, 0.15) is 0 Å². The largest absolute Gasteiger partial charge is 0.309 e. The van der Waals surface area contributed by atoms with Gasteiger partial charge in [0.05, 0.1) is 56.7 Å². The molecule has 0 fully saturated rings. The molecule has 4 heteroatoms. The van der Waals surface area contributed by atoms with E-state index >= 15 is 0 Å². The number of aromatic nitrogens is 2. The van der Waals surface area contributed by atoms with E-state index in [1.165, 1.54) is 54.9 Å². The van der Waals surface area contributed by atoms with E-state index in [2.05, 4.69) is 188 Å². The van der Waals surface area contributed by atoms with Gasteiger partial charge in [0.2, 0.25) is 0 Å². The molecule has 0 saturated heterocycles. The first-order valence-corrected chi connectivity index (χ1v) is 20.9. The van der Waals surface area contributed by atoms with Gasteiger partial charge >= 0.3 is 0 Å². The van der Waals surface area contributed by atoms with E-state index < -0.39 is 0 Å². The lowest BCUT2D eigenvalue weighted by Gasteiger charge is -2.38. The minimum absolute atomic E-state index is 0.388. The van der Waals surface area contributed by atoms with Crippen molar-refractivity contribution in [3.8, 4) is 45.8 Å². The average molecular weight is 779 g/mol. The predicted molar refractivity (Wildman–Crippen MR) is 252 cm³/mol. The van der Waals surface area contributed by atoms with E-state index in [4.69, 9.17) is 0 Å². The Labute approximate surface area is 353 Å². The SMILES string of the molecule is Cc1ccc2c(c1)c1cc(C)ccc1n2-c1c(-c2ccc(C#N)cc2)c(C(C)(C)C)c(-n2c3ccc(C)cc3c3cc(C)ccc32)c(C(C)(C)C)c1-c1ccc(C#N)cc1. The molecule has 9 aromatic rings. The second-order valence-electron chi connectivity index (χ2n) is 18.8. The highest BCUT2D eigenvalue weighted by molar-refractivity contribution is 6.13. The molecule has 0 atom stereocenters. The smallest absolute Gasteiger partial charge is 0.0991 e. The zero-order valence-electron chi connectivity index (χ0n) is 36.3. The van der Waals surface area contributed by atoms with Crippen LogP contribution in [0.1, 0.15) is 86.1 Å². The molecule has 2 heterocycles. The second kappa shape index (κ2) is 13.9. The lowest BCUT2D eigenvalue weighted by Crippen LogP contribution is -2.26. The van der Waals surface area contributed by atoms with Crippen molar-refractivity contribution >= 4 is 43.6 Å². The van der Waals surface area contributed by atoms with Crippen molar-refractivity contribution in [1.82, 2.24) is 9.13 Å². The van der Waals surface area contributed by atoms with E-state index in [9.17, 15) is 10.5 Å². The summed E-state index contributed by atoms with van der Waals surface area (Å²) in [7, 11) is 0. The lowest BCUT2D eigenvalue weighted by atomic mass is 9.71.